The van der Waals surface area contributed by atoms with Gasteiger partial charge in [0, 0.05) is 30.1 Å². The third-order valence-electron chi connectivity index (χ3n) is 4.71. The summed E-state index contributed by atoms with van der Waals surface area (Å²) >= 11 is 0. The third kappa shape index (κ3) is 3.12. The van der Waals surface area contributed by atoms with E-state index in [2.05, 4.69) is 4.98 Å². The Balaban J connectivity index is 1.71. The molecule has 0 radical (unpaired) electrons. The minimum atomic E-state index is 0.00835. The SMILES string of the molecule is NCc1cc2ccnc3c2cc1OCCOCN1C(=O)CCC1CO3. The van der Waals surface area contributed by atoms with Crippen molar-refractivity contribution in [3.05, 3.63) is 30.0 Å². The molecule has 2 bridgehead atoms. The smallest absolute Gasteiger partial charge is 0.224 e. The van der Waals surface area contributed by atoms with E-state index in [1.807, 2.05) is 18.2 Å². The van der Waals surface area contributed by atoms with E-state index in [1.54, 1.807) is 11.1 Å². The second-order valence-electron chi connectivity index (χ2n) is 6.25. The number of nitrogens with two attached hydrogens (primary N) is 1. The molecule has 3 heterocycles. The van der Waals surface area contributed by atoms with E-state index in [0.717, 1.165) is 22.8 Å². The van der Waals surface area contributed by atoms with Crippen molar-refractivity contribution in [2.75, 3.05) is 26.6 Å². The van der Waals surface area contributed by atoms with Crippen molar-refractivity contribution in [1.82, 2.24) is 9.88 Å². The summed E-state index contributed by atoms with van der Waals surface area (Å²) in [4.78, 5) is 18.1. The number of pyridine rings is 1. The molecule has 132 valence electrons. The maximum absolute atomic E-state index is 12.0. The number of ether oxygens (including phenoxy) is 3. The zero-order valence-corrected chi connectivity index (χ0v) is 13.9. The summed E-state index contributed by atoms with van der Waals surface area (Å²) in [6.45, 7) is 1.83. The number of carbonyl (C=O) groups excluding carboxylic acids is 1. The Bertz CT molecular complexity index is 795. The lowest BCUT2D eigenvalue weighted by Gasteiger charge is -2.24. The average Bonchev–Trinajstić information content (AvgIpc) is 2.98. The van der Waals surface area contributed by atoms with Crippen LogP contribution in [0.1, 0.15) is 18.4 Å². The summed E-state index contributed by atoms with van der Waals surface area (Å²) in [5.41, 5.74) is 6.78. The maximum atomic E-state index is 12.0. The normalized spacial score (nSPS) is 21.1. The van der Waals surface area contributed by atoms with Crippen LogP contribution in [-0.2, 0) is 16.1 Å². The van der Waals surface area contributed by atoms with Crippen LogP contribution in [0.5, 0.6) is 11.6 Å². The molecule has 7 nitrogen and oxygen atoms in total. The van der Waals surface area contributed by atoms with Gasteiger partial charge < -0.3 is 24.8 Å². The lowest BCUT2D eigenvalue weighted by Crippen LogP contribution is -2.39. The van der Waals surface area contributed by atoms with E-state index in [9.17, 15) is 4.79 Å². The van der Waals surface area contributed by atoms with Crippen molar-refractivity contribution in [2.45, 2.75) is 25.4 Å². The molecule has 0 saturated carbocycles. The molecule has 1 unspecified atom stereocenters. The molecule has 1 fully saturated rings. The lowest BCUT2D eigenvalue weighted by atomic mass is 10.1. The average molecular weight is 343 g/mol. The molecule has 1 atom stereocenters. The number of hydrogen-bond acceptors (Lipinski definition) is 6. The number of benzene rings is 1. The van der Waals surface area contributed by atoms with Crippen molar-refractivity contribution in [3.8, 4) is 11.6 Å². The Morgan fingerprint density at radius 3 is 3.08 bits per heavy atom. The monoisotopic (exact) mass is 343 g/mol. The van der Waals surface area contributed by atoms with Crippen LogP contribution in [0.4, 0.5) is 0 Å². The van der Waals surface area contributed by atoms with Crippen LogP contribution < -0.4 is 15.2 Å². The molecular weight excluding hydrogens is 322 g/mol. The molecule has 1 amide bonds. The first-order chi connectivity index (χ1) is 12.3. The quantitative estimate of drug-likeness (QED) is 0.843. The van der Waals surface area contributed by atoms with Gasteiger partial charge in [0.2, 0.25) is 11.8 Å². The highest BCUT2D eigenvalue weighted by molar-refractivity contribution is 5.89. The number of nitrogens with zero attached hydrogens (tertiary/aromatic N) is 2. The van der Waals surface area contributed by atoms with Crippen LogP contribution in [0, 0.1) is 0 Å². The Morgan fingerprint density at radius 2 is 2.20 bits per heavy atom. The Morgan fingerprint density at radius 1 is 1.28 bits per heavy atom. The van der Waals surface area contributed by atoms with Gasteiger partial charge in [0.05, 0.1) is 12.6 Å². The summed E-state index contributed by atoms with van der Waals surface area (Å²) in [6.07, 6.45) is 3.02. The van der Waals surface area contributed by atoms with Gasteiger partial charge in [-0.05, 0) is 30.0 Å². The molecule has 0 spiro atoms. The van der Waals surface area contributed by atoms with Gasteiger partial charge in [-0.2, -0.15) is 0 Å². The van der Waals surface area contributed by atoms with Gasteiger partial charge in [0.25, 0.3) is 0 Å². The van der Waals surface area contributed by atoms with E-state index in [0.29, 0.717) is 44.4 Å². The molecule has 2 N–H and O–H groups in total. The number of rotatable bonds is 1. The van der Waals surface area contributed by atoms with Crippen molar-refractivity contribution >= 4 is 16.7 Å². The van der Waals surface area contributed by atoms with Crippen LogP contribution in [0.3, 0.4) is 0 Å². The molecule has 2 aliphatic rings. The van der Waals surface area contributed by atoms with Gasteiger partial charge >= 0.3 is 0 Å². The summed E-state index contributed by atoms with van der Waals surface area (Å²) in [5.74, 6) is 1.36. The number of hydrogen-bond donors (Lipinski definition) is 1. The molecule has 2 aromatic rings. The first-order valence-corrected chi connectivity index (χ1v) is 8.51. The molecule has 2 aliphatic heterocycles. The summed E-state index contributed by atoms with van der Waals surface area (Å²) in [5, 5.41) is 1.88. The van der Waals surface area contributed by atoms with Gasteiger partial charge in [-0.25, -0.2) is 4.98 Å². The van der Waals surface area contributed by atoms with Gasteiger partial charge in [-0.3, -0.25) is 4.79 Å². The fourth-order valence-corrected chi connectivity index (χ4v) is 3.32. The molecule has 1 aromatic heterocycles. The van der Waals surface area contributed by atoms with E-state index in [1.165, 1.54) is 0 Å². The molecule has 7 heteroatoms. The minimum Gasteiger partial charge on any atom is -0.491 e. The fourth-order valence-electron chi connectivity index (χ4n) is 3.32. The van der Waals surface area contributed by atoms with Crippen molar-refractivity contribution < 1.29 is 19.0 Å². The predicted octanol–water partition coefficient (Wildman–Crippen LogP) is 1.43. The minimum absolute atomic E-state index is 0.00835. The van der Waals surface area contributed by atoms with Gasteiger partial charge in [-0.1, -0.05) is 0 Å². The van der Waals surface area contributed by atoms with Crippen molar-refractivity contribution in [1.29, 1.82) is 0 Å². The Hall–Kier alpha value is -2.38. The number of aromatic nitrogens is 1. The molecule has 1 saturated heterocycles. The first-order valence-electron chi connectivity index (χ1n) is 8.51. The molecule has 0 aliphatic carbocycles. The standard InChI is InChI=1S/C18H21N3O4/c19-9-13-7-12-3-4-20-18-15(12)8-16(13)24-6-5-23-11-21-14(10-25-18)1-2-17(21)22/h3-4,7-8,14H,1-2,5-6,9-11,19H2. The topological polar surface area (TPSA) is 86.9 Å². The maximum Gasteiger partial charge on any atom is 0.224 e. The lowest BCUT2D eigenvalue weighted by molar-refractivity contribution is -0.135. The predicted molar refractivity (Wildman–Crippen MR) is 91.3 cm³/mol. The molecule has 25 heavy (non-hydrogen) atoms. The number of carbonyl (C=O) groups is 1. The second kappa shape index (κ2) is 6.85. The van der Waals surface area contributed by atoms with Crippen LogP contribution >= 0.6 is 0 Å². The number of fused-ring (bicyclic) bond motifs is 2. The summed E-state index contributed by atoms with van der Waals surface area (Å²) in [7, 11) is 0. The van der Waals surface area contributed by atoms with Gasteiger partial charge in [0.15, 0.2) is 0 Å². The fraction of sp³-hybridized carbons (Fsp3) is 0.444. The van der Waals surface area contributed by atoms with Crippen molar-refractivity contribution in [3.63, 3.8) is 0 Å². The second-order valence-corrected chi connectivity index (χ2v) is 6.25. The van der Waals surface area contributed by atoms with Crippen LogP contribution in [0.25, 0.3) is 10.8 Å². The largest absolute Gasteiger partial charge is 0.491 e. The van der Waals surface area contributed by atoms with Gasteiger partial charge in [-0.15, -0.1) is 0 Å². The molecular formula is C18H21N3O4. The van der Waals surface area contributed by atoms with Gasteiger partial charge in [0.1, 0.15) is 25.7 Å². The highest BCUT2D eigenvalue weighted by Gasteiger charge is 2.31. The van der Waals surface area contributed by atoms with Crippen LogP contribution in [0.2, 0.25) is 0 Å². The number of amides is 1. The molecule has 1 aromatic carbocycles. The summed E-state index contributed by atoms with van der Waals surface area (Å²) in [6, 6.07) is 5.87. The zero-order valence-electron chi connectivity index (χ0n) is 13.9. The third-order valence-corrected chi connectivity index (χ3v) is 4.71. The van der Waals surface area contributed by atoms with E-state index in [-0.39, 0.29) is 18.7 Å². The molecule has 4 rings (SSSR count). The van der Waals surface area contributed by atoms with E-state index in [4.69, 9.17) is 19.9 Å². The van der Waals surface area contributed by atoms with Crippen molar-refractivity contribution in [2.24, 2.45) is 5.73 Å². The highest BCUT2D eigenvalue weighted by atomic mass is 16.5. The summed E-state index contributed by atoms with van der Waals surface area (Å²) < 4.78 is 17.4. The van der Waals surface area contributed by atoms with Crippen LogP contribution in [-0.4, -0.2) is 48.4 Å². The first kappa shape index (κ1) is 16.1. The highest BCUT2D eigenvalue weighted by Crippen LogP contribution is 2.31. The zero-order chi connectivity index (χ0) is 17.2. The Kier molecular flexibility index (Phi) is 4.42. The Labute approximate surface area is 145 Å². The van der Waals surface area contributed by atoms with E-state index >= 15 is 0 Å². The van der Waals surface area contributed by atoms with E-state index < -0.39 is 0 Å². The van der Waals surface area contributed by atoms with Crippen LogP contribution in [0.15, 0.2) is 24.4 Å².